The van der Waals surface area contributed by atoms with Crippen molar-refractivity contribution in [2.45, 2.75) is 27.2 Å². The van der Waals surface area contributed by atoms with Crippen molar-refractivity contribution in [1.29, 1.82) is 0 Å². The van der Waals surface area contributed by atoms with Crippen molar-refractivity contribution in [1.82, 2.24) is 5.32 Å². The molecule has 104 valence electrons. The van der Waals surface area contributed by atoms with E-state index in [0.29, 0.717) is 0 Å². The molecule has 1 heterocycles. The predicted molar refractivity (Wildman–Crippen MR) is 87.1 cm³/mol. The normalized spacial score (nSPS) is 15.6. The minimum Gasteiger partial charge on any atom is -0.359 e. The average molecular weight is 266 g/mol. The van der Waals surface area contributed by atoms with Gasteiger partial charge in [-0.1, -0.05) is 30.3 Å². The van der Waals surface area contributed by atoms with Gasteiger partial charge in [0.15, 0.2) is 0 Å². The topological polar surface area (TPSA) is 24.4 Å². The standard InChI is InChI=1S/C18H22N2/c1-12-6-7-16(11-19-5)17(8-12)10-18-13(2)9-14(3)20-15(18)4/h6-9,11,20H,4,10H2,1-3,5H3. The number of rotatable bonds is 3. The van der Waals surface area contributed by atoms with E-state index in [1.165, 1.54) is 27.8 Å². The van der Waals surface area contributed by atoms with Crippen molar-refractivity contribution >= 4 is 6.21 Å². The minimum atomic E-state index is 0.879. The van der Waals surface area contributed by atoms with Crippen molar-refractivity contribution in [3.05, 3.63) is 70.1 Å². The smallest absolute Gasteiger partial charge is 0.0347 e. The molecule has 0 spiro atoms. The third kappa shape index (κ3) is 3.08. The predicted octanol–water partition coefficient (Wildman–Crippen LogP) is 3.92. The highest BCUT2D eigenvalue weighted by atomic mass is 14.9. The highest BCUT2D eigenvalue weighted by Crippen LogP contribution is 2.25. The van der Waals surface area contributed by atoms with Crippen LogP contribution in [0, 0.1) is 6.92 Å². The van der Waals surface area contributed by atoms with Crippen LogP contribution in [0.1, 0.15) is 30.5 Å². The van der Waals surface area contributed by atoms with Crippen LogP contribution in [-0.4, -0.2) is 13.3 Å². The Morgan fingerprint density at radius 3 is 2.65 bits per heavy atom. The summed E-state index contributed by atoms with van der Waals surface area (Å²) in [6.45, 7) is 10.5. The molecule has 1 aromatic rings. The van der Waals surface area contributed by atoms with E-state index < -0.39 is 0 Å². The van der Waals surface area contributed by atoms with E-state index in [1.54, 1.807) is 7.05 Å². The molecule has 1 aliphatic heterocycles. The van der Waals surface area contributed by atoms with Gasteiger partial charge in [-0.05, 0) is 49.1 Å². The highest BCUT2D eigenvalue weighted by molar-refractivity contribution is 5.82. The first kappa shape index (κ1) is 14.3. The zero-order chi connectivity index (χ0) is 14.7. The Bertz CT molecular complexity index is 631. The van der Waals surface area contributed by atoms with E-state index in [-0.39, 0.29) is 0 Å². The summed E-state index contributed by atoms with van der Waals surface area (Å²) < 4.78 is 0. The molecule has 0 aromatic heterocycles. The number of nitrogens with one attached hydrogen (secondary N) is 1. The lowest BCUT2D eigenvalue weighted by molar-refractivity contribution is 0.917. The van der Waals surface area contributed by atoms with Crippen LogP contribution in [-0.2, 0) is 6.42 Å². The minimum absolute atomic E-state index is 0.879. The number of allylic oxidation sites excluding steroid dienone is 4. The summed E-state index contributed by atoms with van der Waals surface area (Å²) in [5, 5.41) is 3.32. The highest BCUT2D eigenvalue weighted by Gasteiger charge is 2.14. The molecule has 0 bridgehead atoms. The molecule has 0 aliphatic carbocycles. The summed E-state index contributed by atoms with van der Waals surface area (Å²) >= 11 is 0. The molecule has 20 heavy (non-hydrogen) atoms. The first-order valence-corrected chi connectivity index (χ1v) is 6.87. The maximum absolute atomic E-state index is 4.15. The lowest BCUT2D eigenvalue weighted by atomic mass is 9.92. The van der Waals surface area contributed by atoms with E-state index in [4.69, 9.17) is 0 Å². The lowest BCUT2D eigenvalue weighted by Gasteiger charge is -2.22. The summed E-state index contributed by atoms with van der Waals surface area (Å²) in [6.07, 6.45) is 4.97. The van der Waals surface area contributed by atoms with Gasteiger partial charge in [0.25, 0.3) is 0 Å². The molecule has 0 atom stereocenters. The van der Waals surface area contributed by atoms with E-state index in [2.05, 4.69) is 61.9 Å². The number of nitrogens with zero attached hydrogens (tertiary/aromatic N) is 1. The number of benzene rings is 1. The van der Waals surface area contributed by atoms with Crippen molar-refractivity contribution in [3.63, 3.8) is 0 Å². The van der Waals surface area contributed by atoms with Crippen LogP contribution in [0.25, 0.3) is 0 Å². The van der Waals surface area contributed by atoms with Crippen LogP contribution >= 0.6 is 0 Å². The SMILES string of the molecule is C=C1NC(C)=CC(C)=C1Cc1cc(C)ccc1C=NC. The summed E-state index contributed by atoms with van der Waals surface area (Å²) in [6, 6.07) is 6.49. The molecule has 0 radical (unpaired) electrons. The fraction of sp³-hybridized carbons (Fsp3) is 0.278. The molecule has 0 unspecified atom stereocenters. The summed E-state index contributed by atoms with van der Waals surface area (Å²) in [5.41, 5.74) is 8.45. The van der Waals surface area contributed by atoms with Gasteiger partial charge in [-0.15, -0.1) is 0 Å². The molecule has 2 rings (SSSR count). The van der Waals surface area contributed by atoms with Crippen LogP contribution < -0.4 is 5.32 Å². The molecular formula is C18H22N2. The fourth-order valence-corrected chi connectivity index (χ4v) is 2.59. The number of dihydropyridines is 1. The zero-order valence-corrected chi connectivity index (χ0v) is 12.7. The molecule has 1 N–H and O–H groups in total. The Balaban J connectivity index is 2.41. The number of hydrogen-bond acceptors (Lipinski definition) is 2. The van der Waals surface area contributed by atoms with Gasteiger partial charge in [-0.2, -0.15) is 0 Å². The number of aliphatic imine (C=N–C) groups is 1. The monoisotopic (exact) mass is 266 g/mol. The molecule has 1 aliphatic rings. The number of aryl methyl sites for hydroxylation is 1. The second kappa shape index (κ2) is 5.91. The molecule has 2 nitrogen and oxygen atoms in total. The van der Waals surface area contributed by atoms with Crippen LogP contribution in [0.4, 0.5) is 0 Å². The molecule has 2 heteroatoms. The summed E-state index contributed by atoms with van der Waals surface area (Å²) in [5.74, 6) is 0. The van der Waals surface area contributed by atoms with E-state index in [1.807, 2.05) is 6.21 Å². The second-order valence-electron chi connectivity index (χ2n) is 5.36. The van der Waals surface area contributed by atoms with Gasteiger partial charge in [0.1, 0.15) is 0 Å². The Hall–Kier alpha value is -2.09. The average Bonchev–Trinajstić information content (AvgIpc) is 2.37. The first-order chi connectivity index (χ1) is 9.51. The van der Waals surface area contributed by atoms with Crippen molar-refractivity contribution in [2.24, 2.45) is 4.99 Å². The third-order valence-corrected chi connectivity index (χ3v) is 3.56. The quantitative estimate of drug-likeness (QED) is 0.824. The van der Waals surface area contributed by atoms with Gasteiger partial charge in [0.05, 0.1) is 0 Å². The molecule has 0 saturated heterocycles. The molecule has 0 saturated carbocycles. The maximum Gasteiger partial charge on any atom is 0.0347 e. The van der Waals surface area contributed by atoms with Gasteiger partial charge in [0.2, 0.25) is 0 Å². The summed E-state index contributed by atoms with van der Waals surface area (Å²) in [4.78, 5) is 4.15. The van der Waals surface area contributed by atoms with Crippen molar-refractivity contribution < 1.29 is 0 Å². The fourth-order valence-electron chi connectivity index (χ4n) is 2.59. The largest absolute Gasteiger partial charge is 0.359 e. The van der Waals surface area contributed by atoms with Crippen LogP contribution in [0.15, 0.2) is 58.4 Å². The second-order valence-corrected chi connectivity index (χ2v) is 5.36. The van der Waals surface area contributed by atoms with E-state index >= 15 is 0 Å². The molecule has 0 amide bonds. The third-order valence-electron chi connectivity index (χ3n) is 3.56. The van der Waals surface area contributed by atoms with Gasteiger partial charge in [-0.25, -0.2) is 0 Å². The first-order valence-electron chi connectivity index (χ1n) is 6.87. The van der Waals surface area contributed by atoms with E-state index in [0.717, 1.165) is 17.8 Å². The van der Waals surface area contributed by atoms with Gasteiger partial charge in [-0.3, -0.25) is 4.99 Å². The molecule has 0 fully saturated rings. The van der Waals surface area contributed by atoms with Crippen LogP contribution in [0.2, 0.25) is 0 Å². The van der Waals surface area contributed by atoms with Gasteiger partial charge >= 0.3 is 0 Å². The Labute approximate surface area is 121 Å². The maximum atomic E-state index is 4.15. The lowest BCUT2D eigenvalue weighted by Crippen LogP contribution is -2.18. The van der Waals surface area contributed by atoms with Gasteiger partial charge in [0, 0.05) is 31.1 Å². The number of hydrogen-bond donors (Lipinski definition) is 1. The summed E-state index contributed by atoms with van der Waals surface area (Å²) in [7, 11) is 1.81. The van der Waals surface area contributed by atoms with E-state index in [9.17, 15) is 0 Å². The zero-order valence-electron chi connectivity index (χ0n) is 12.7. The van der Waals surface area contributed by atoms with Crippen LogP contribution in [0.5, 0.6) is 0 Å². The van der Waals surface area contributed by atoms with Gasteiger partial charge < -0.3 is 5.32 Å². The van der Waals surface area contributed by atoms with Crippen LogP contribution in [0.3, 0.4) is 0 Å². The Morgan fingerprint density at radius 1 is 1.25 bits per heavy atom. The van der Waals surface area contributed by atoms with Crippen molar-refractivity contribution in [3.8, 4) is 0 Å². The Morgan fingerprint density at radius 2 is 2.00 bits per heavy atom. The van der Waals surface area contributed by atoms with Crippen molar-refractivity contribution in [2.75, 3.05) is 7.05 Å². The molecule has 1 aromatic carbocycles. The Kier molecular flexibility index (Phi) is 4.23. The molecular weight excluding hydrogens is 244 g/mol.